The van der Waals surface area contributed by atoms with Crippen molar-refractivity contribution in [1.82, 2.24) is 4.90 Å². The highest BCUT2D eigenvalue weighted by Gasteiger charge is 2.23. The second-order valence-corrected chi connectivity index (χ2v) is 7.27. The maximum absolute atomic E-state index is 11.8. The van der Waals surface area contributed by atoms with E-state index in [4.69, 9.17) is 18.9 Å². The summed E-state index contributed by atoms with van der Waals surface area (Å²) in [5, 5.41) is 0. The van der Waals surface area contributed by atoms with Gasteiger partial charge in [-0.25, -0.2) is 4.79 Å². The Labute approximate surface area is 177 Å². The average Bonchev–Trinajstić information content (AvgIpc) is 3.09. The molecule has 2 aromatic rings. The topological polar surface area (TPSA) is 74.3 Å². The number of amides is 1. The zero-order valence-corrected chi connectivity index (χ0v) is 17.9. The Morgan fingerprint density at radius 1 is 1.17 bits per heavy atom. The van der Waals surface area contributed by atoms with E-state index >= 15 is 0 Å². The summed E-state index contributed by atoms with van der Waals surface area (Å²) in [6, 6.07) is 10.9. The molecule has 2 aromatic carbocycles. The minimum atomic E-state index is -0.343. The summed E-state index contributed by atoms with van der Waals surface area (Å²) >= 11 is 3.46. The van der Waals surface area contributed by atoms with Gasteiger partial charge in [-0.1, -0.05) is 22.0 Å². The fraction of sp³-hybridized carbons (Fsp3) is 0.333. The summed E-state index contributed by atoms with van der Waals surface area (Å²) in [5.41, 5.74) is 1.57. The van der Waals surface area contributed by atoms with Crippen LogP contribution in [0.1, 0.15) is 18.1 Å². The predicted octanol–water partition coefficient (Wildman–Crippen LogP) is 4.31. The number of benzene rings is 2. The zero-order valence-electron chi connectivity index (χ0n) is 16.3. The van der Waals surface area contributed by atoms with E-state index in [1.54, 1.807) is 37.1 Å². The van der Waals surface area contributed by atoms with Gasteiger partial charge in [-0.05, 0) is 42.8 Å². The number of halogens is 1. The third-order valence-corrected chi connectivity index (χ3v) is 4.82. The molecule has 1 heterocycles. The van der Waals surface area contributed by atoms with E-state index in [9.17, 15) is 9.59 Å². The Morgan fingerprint density at radius 3 is 2.66 bits per heavy atom. The molecule has 1 aliphatic heterocycles. The molecule has 0 atom stereocenters. The van der Waals surface area contributed by atoms with Gasteiger partial charge in [0.15, 0.2) is 11.5 Å². The second kappa shape index (κ2) is 9.65. The lowest BCUT2D eigenvalue weighted by Gasteiger charge is -2.18. The first-order chi connectivity index (χ1) is 14.0. The van der Waals surface area contributed by atoms with Crippen molar-refractivity contribution in [3.63, 3.8) is 0 Å². The van der Waals surface area contributed by atoms with Crippen LogP contribution < -0.4 is 9.47 Å². The number of methoxy groups -OCH3 is 1. The van der Waals surface area contributed by atoms with Crippen LogP contribution >= 0.6 is 15.9 Å². The van der Waals surface area contributed by atoms with Gasteiger partial charge in [0.2, 0.25) is 0 Å². The zero-order chi connectivity index (χ0) is 20.8. The highest BCUT2D eigenvalue weighted by Crippen LogP contribution is 2.35. The molecule has 8 heteroatoms. The Morgan fingerprint density at radius 2 is 1.97 bits per heavy atom. The van der Waals surface area contributed by atoms with Gasteiger partial charge in [-0.2, -0.15) is 0 Å². The molecule has 0 spiro atoms. The average molecular weight is 464 g/mol. The second-order valence-electron chi connectivity index (χ2n) is 6.36. The normalized spacial score (nSPS) is 13.2. The van der Waals surface area contributed by atoms with E-state index in [0.717, 1.165) is 15.6 Å². The SMILES string of the molecule is CCOC(=O)Cc1ccc(OC)c(Oc2ccc(Br)cc2CN2CCOC2=O)c1. The first kappa shape index (κ1) is 21.0. The number of esters is 1. The molecule has 0 N–H and O–H groups in total. The number of cyclic esters (lactones) is 1. The van der Waals surface area contributed by atoms with Crippen LogP contribution in [0, 0.1) is 0 Å². The molecule has 1 aliphatic rings. The van der Waals surface area contributed by atoms with Gasteiger partial charge in [0.1, 0.15) is 12.4 Å². The van der Waals surface area contributed by atoms with Crippen molar-refractivity contribution in [2.24, 2.45) is 0 Å². The van der Waals surface area contributed by atoms with Crippen LogP contribution in [0.5, 0.6) is 17.2 Å². The molecule has 154 valence electrons. The quantitative estimate of drug-likeness (QED) is 0.543. The van der Waals surface area contributed by atoms with Crippen LogP contribution in [-0.2, 0) is 27.2 Å². The molecule has 0 radical (unpaired) electrons. The van der Waals surface area contributed by atoms with Crippen LogP contribution in [0.3, 0.4) is 0 Å². The molecule has 7 nitrogen and oxygen atoms in total. The van der Waals surface area contributed by atoms with Crippen molar-refractivity contribution in [3.8, 4) is 17.2 Å². The molecular formula is C21H22BrNO6. The number of ether oxygens (including phenoxy) is 4. The van der Waals surface area contributed by atoms with Crippen molar-refractivity contribution in [3.05, 3.63) is 52.0 Å². The number of carbonyl (C=O) groups excluding carboxylic acids is 2. The van der Waals surface area contributed by atoms with Gasteiger partial charge in [-0.3, -0.25) is 4.79 Å². The number of carbonyl (C=O) groups is 2. The van der Waals surface area contributed by atoms with Gasteiger partial charge < -0.3 is 23.8 Å². The maximum Gasteiger partial charge on any atom is 0.410 e. The summed E-state index contributed by atoms with van der Waals surface area (Å²) in [4.78, 5) is 25.2. The van der Waals surface area contributed by atoms with Crippen LogP contribution in [0.25, 0.3) is 0 Å². The molecule has 29 heavy (non-hydrogen) atoms. The van der Waals surface area contributed by atoms with E-state index in [-0.39, 0.29) is 18.5 Å². The molecule has 1 saturated heterocycles. The van der Waals surface area contributed by atoms with Crippen LogP contribution in [-0.4, -0.2) is 43.8 Å². The van der Waals surface area contributed by atoms with Crippen molar-refractivity contribution < 1.29 is 28.5 Å². The monoisotopic (exact) mass is 463 g/mol. The highest BCUT2D eigenvalue weighted by molar-refractivity contribution is 9.10. The van der Waals surface area contributed by atoms with Gasteiger partial charge in [0.05, 0.1) is 33.2 Å². The Kier molecular flexibility index (Phi) is 6.98. The summed E-state index contributed by atoms with van der Waals surface area (Å²) in [5.74, 6) is 1.29. The lowest BCUT2D eigenvalue weighted by atomic mass is 10.1. The summed E-state index contributed by atoms with van der Waals surface area (Å²) in [7, 11) is 1.55. The Bertz CT molecular complexity index is 901. The van der Waals surface area contributed by atoms with Crippen molar-refractivity contribution in [2.45, 2.75) is 19.9 Å². The van der Waals surface area contributed by atoms with Gasteiger partial charge in [0.25, 0.3) is 0 Å². The first-order valence-corrected chi connectivity index (χ1v) is 10.00. The Balaban J connectivity index is 1.86. The van der Waals surface area contributed by atoms with Gasteiger partial charge in [-0.15, -0.1) is 0 Å². The van der Waals surface area contributed by atoms with E-state index in [2.05, 4.69) is 15.9 Å². The fourth-order valence-electron chi connectivity index (χ4n) is 2.95. The lowest BCUT2D eigenvalue weighted by molar-refractivity contribution is -0.142. The third-order valence-electron chi connectivity index (χ3n) is 4.33. The van der Waals surface area contributed by atoms with Crippen molar-refractivity contribution in [2.75, 3.05) is 26.9 Å². The number of rotatable bonds is 8. The number of nitrogens with zero attached hydrogens (tertiary/aromatic N) is 1. The van der Waals surface area contributed by atoms with Gasteiger partial charge in [0, 0.05) is 10.0 Å². The first-order valence-electron chi connectivity index (χ1n) is 9.20. The van der Waals surface area contributed by atoms with E-state index < -0.39 is 0 Å². The minimum Gasteiger partial charge on any atom is -0.493 e. The number of hydrogen-bond acceptors (Lipinski definition) is 6. The van der Waals surface area contributed by atoms with E-state index in [1.165, 1.54) is 0 Å². The fourth-order valence-corrected chi connectivity index (χ4v) is 3.36. The van der Waals surface area contributed by atoms with E-state index in [0.29, 0.717) is 43.6 Å². The largest absolute Gasteiger partial charge is 0.493 e. The molecule has 0 bridgehead atoms. The standard InChI is InChI=1S/C21H22BrNO6/c1-3-27-20(24)11-14-4-6-18(26-2)19(10-14)29-17-7-5-16(22)12-15(17)13-23-8-9-28-21(23)25/h4-7,10,12H,3,8-9,11,13H2,1-2H3. The number of hydrogen-bond donors (Lipinski definition) is 0. The third kappa shape index (κ3) is 5.41. The van der Waals surface area contributed by atoms with Crippen LogP contribution in [0.4, 0.5) is 4.79 Å². The lowest BCUT2D eigenvalue weighted by Crippen LogP contribution is -2.23. The van der Waals surface area contributed by atoms with Crippen LogP contribution in [0.15, 0.2) is 40.9 Å². The molecule has 1 amide bonds. The molecule has 3 rings (SSSR count). The van der Waals surface area contributed by atoms with Crippen LogP contribution in [0.2, 0.25) is 0 Å². The smallest absolute Gasteiger partial charge is 0.410 e. The molecule has 0 unspecified atom stereocenters. The minimum absolute atomic E-state index is 0.140. The highest BCUT2D eigenvalue weighted by atomic mass is 79.9. The van der Waals surface area contributed by atoms with Crippen molar-refractivity contribution in [1.29, 1.82) is 0 Å². The molecule has 1 fully saturated rings. The molecule has 0 aromatic heterocycles. The Hall–Kier alpha value is -2.74. The molecule has 0 saturated carbocycles. The summed E-state index contributed by atoms with van der Waals surface area (Å²) in [6.45, 7) is 3.37. The molecular weight excluding hydrogens is 442 g/mol. The van der Waals surface area contributed by atoms with Crippen molar-refractivity contribution >= 4 is 28.0 Å². The summed E-state index contributed by atoms with van der Waals surface area (Å²) in [6.07, 6.45) is -0.203. The maximum atomic E-state index is 11.8. The van der Waals surface area contributed by atoms with Gasteiger partial charge >= 0.3 is 12.1 Å². The summed E-state index contributed by atoms with van der Waals surface area (Å²) < 4.78 is 22.4. The molecule has 0 aliphatic carbocycles. The predicted molar refractivity (Wildman–Crippen MR) is 109 cm³/mol. The van der Waals surface area contributed by atoms with E-state index in [1.807, 2.05) is 18.2 Å².